The average Bonchev–Trinajstić information content (AvgIpc) is 2.49. The van der Waals surface area contributed by atoms with Crippen molar-refractivity contribution in [3.05, 3.63) is 53.8 Å². The summed E-state index contributed by atoms with van der Waals surface area (Å²) < 4.78 is 24.8. The van der Waals surface area contributed by atoms with Crippen LogP contribution in [-0.2, 0) is 9.53 Å². The maximum Gasteiger partial charge on any atom is 0.342 e. The van der Waals surface area contributed by atoms with Gasteiger partial charge in [0.25, 0.3) is 0 Å². The predicted molar refractivity (Wildman–Crippen MR) is 87.8 cm³/mol. The molecule has 0 fully saturated rings. The van der Waals surface area contributed by atoms with E-state index in [1.54, 1.807) is 38.1 Å². The largest absolute Gasteiger partial charge is 0.459 e. The van der Waals surface area contributed by atoms with Gasteiger partial charge >= 0.3 is 5.97 Å². The molecule has 2 aromatic rings. The van der Waals surface area contributed by atoms with Gasteiger partial charge in [-0.1, -0.05) is 12.1 Å². The number of rotatable bonds is 5. The van der Waals surface area contributed by atoms with E-state index in [0.29, 0.717) is 5.69 Å². The van der Waals surface area contributed by atoms with Crippen LogP contribution in [0.4, 0.5) is 10.1 Å². The molecule has 0 saturated carbocycles. The van der Waals surface area contributed by atoms with Crippen LogP contribution in [-0.4, -0.2) is 18.0 Å². The van der Waals surface area contributed by atoms with Crippen LogP contribution < -0.4 is 10.1 Å². The molecule has 0 spiro atoms. The Morgan fingerprint density at radius 1 is 1.08 bits per heavy atom. The van der Waals surface area contributed by atoms with Gasteiger partial charge in [0, 0.05) is 18.7 Å². The highest BCUT2D eigenvalue weighted by atomic mass is 19.1. The molecule has 0 aliphatic heterocycles. The second-order valence-corrected chi connectivity index (χ2v) is 5.38. The molecule has 5 nitrogen and oxygen atoms in total. The van der Waals surface area contributed by atoms with Crippen LogP contribution in [0.25, 0.3) is 0 Å². The SMILES string of the molecule is CC(=O)Nc1ccc(Oc2ccccc2C(=O)OC(C)C)c(F)c1. The molecular formula is C18H18FNO4. The van der Waals surface area contributed by atoms with Gasteiger partial charge in [-0.15, -0.1) is 0 Å². The van der Waals surface area contributed by atoms with Crippen molar-refractivity contribution in [2.45, 2.75) is 26.9 Å². The monoisotopic (exact) mass is 331 g/mol. The molecule has 0 unspecified atom stereocenters. The Kier molecular flexibility index (Phi) is 5.52. The van der Waals surface area contributed by atoms with E-state index in [2.05, 4.69) is 5.32 Å². The zero-order valence-electron chi connectivity index (χ0n) is 13.6. The Morgan fingerprint density at radius 3 is 2.42 bits per heavy atom. The number of hydrogen-bond donors (Lipinski definition) is 1. The molecule has 2 aromatic carbocycles. The Balaban J connectivity index is 2.25. The Labute approximate surface area is 139 Å². The number of nitrogens with one attached hydrogen (secondary N) is 1. The summed E-state index contributed by atoms with van der Waals surface area (Å²) in [6.07, 6.45) is -0.278. The van der Waals surface area contributed by atoms with Gasteiger partial charge in [0.05, 0.1) is 6.10 Å². The summed E-state index contributed by atoms with van der Waals surface area (Å²) in [6, 6.07) is 10.5. The van der Waals surface area contributed by atoms with Crippen LogP contribution in [0.2, 0.25) is 0 Å². The molecule has 0 bridgehead atoms. The first-order chi connectivity index (χ1) is 11.4. The molecule has 0 heterocycles. The number of amides is 1. The molecule has 0 saturated heterocycles. The maximum atomic E-state index is 14.1. The number of esters is 1. The van der Waals surface area contributed by atoms with Crippen molar-refractivity contribution in [1.82, 2.24) is 0 Å². The molecule has 0 atom stereocenters. The summed E-state index contributed by atoms with van der Waals surface area (Å²) >= 11 is 0. The van der Waals surface area contributed by atoms with Gasteiger partial charge in [-0.3, -0.25) is 4.79 Å². The number of ether oxygens (including phenoxy) is 2. The maximum absolute atomic E-state index is 14.1. The molecule has 1 N–H and O–H groups in total. The van der Waals surface area contributed by atoms with Crippen molar-refractivity contribution >= 4 is 17.6 Å². The number of carbonyl (C=O) groups is 2. The number of halogens is 1. The van der Waals surface area contributed by atoms with E-state index >= 15 is 0 Å². The lowest BCUT2D eigenvalue weighted by Gasteiger charge is -2.13. The fourth-order valence-corrected chi connectivity index (χ4v) is 1.98. The van der Waals surface area contributed by atoms with Gasteiger partial charge in [0.2, 0.25) is 5.91 Å². The third-order valence-electron chi connectivity index (χ3n) is 2.92. The van der Waals surface area contributed by atoms with E-state index in [-0.39, 0.29) is 29.1 Å². The fraction of sp³-hybridized carbons (Fsp3) is 0.222. The van der Waals surface area contributed by atoms with E-state index in [1.807, 2.05) is 0 Å². The molecule has 6 heteroatoms. The second kappa shape index (κ2) is 7.59. The van der Waals surface area contributed by atoms with Crippen LogP contribution in [0.3, 0.4) is 0 Å². The summed E-state index contributed by atoms with van der Waals surface area (Å²) in [5.41, 5.74) is 0.524. The number of para-hydroxylation sites is 1. The van der Waals surface area contributed by atoms with Crippen LogP contribution in [0, 0.1) is 5.82 Å². The first-order valence-corrected chi connectivity index (χ1v) is 7.42. The lowest BCUT2D eigenvalue weighted by molar-refractivity contribution is -0.114. The summed E-state index contributed by atoms with van der Waals surface area (Å²) in [4.78, 5) is 23.1. The zero-order valence-corrected chi connectivity index (χ0v) is 13.6. The van der Waals surface area contributed by atoms with Crippen LogP contribution in [0.1, 0.15) is 31.1 Å². The van der Waals surface area contributed by atoms with E-state index in [1.165, 1.54) is 19.1 Å². The lowest BCUT2D eigenvalue weighted by Crippen LogP contribution is -2.12. The normalized spacial score (nSPS) is 10.4. The molecule has 0 aliphatic rings. The Morgan fingerprint density at radius 2 is 1.79 bits per heavy atom. The number of anilines is 1. The molecule has 24 heavy (non-hydrogen) atoms. The number of benzene rings is 2. The number of carbonyl (C=O) groups excluding carboxylic acids is 2. The minimum absolute atomic E-state index is 0.0612. The Bertz CT molecular complexity index is 758. The van der Waals surface area contributed by atoms with Gasteiger partial charge in [-0.25, -0.2) is 9.18 Å². The highest BCUT2D eigenvalue weighted by molar-refractivity contribution is 5.92. The molecule has 0 aliphatic carbocycles. The van der Waals surface area contributed by atoms with Crippen LogP contribution in [0.15, 0.2) is 42.5 Å². The lowest BCUT2D eigenvalue weighted by atomic mass is 10.2. The topological polar surface area (TPSA) is 64.6 Å². The van der Waals surface area contributed by atoms with Crippen molar-refractivity contribution in [3.8, 4) is 11.5 Å². The van der Waals surface area contributed by atoms with Crippen molar-refractivity contribution in [2.24, 2.45) is 0 Å². The fourth-order valence-electron chi connectivity index (χ4n) is 1.98. The van der Waals surface area contributed by atoms with Gasteiger partial charge in [-0.2, -0.15) is 0 Å². The minimum Gasteiger partial charge on any atom is -0.459 e. The molecule has 0 aromatic heterocycles. The summed E-state index contributed by atoms with van der Waals surface area (Å²) in [7, 11) is 0. The smallest absolute Gasteiger partial charge is 0.342 e. The van der Waals surface area contributed by atoms with Gasteiger partial charge < -0.3 is 14.8 Å². The van der Waals surface area contributed by atoms with Crippen molar-refractivity contribution in [1.29, 1.82) is 0 Å². The van der Waals surface area contributed by atoms with Gasteiger partial charge in [0.1, 0.15) is 11.3 Å². The first-order valence-electron chi connectivity index (χ1n) is 7.42. The molecular weight excluding hydrogens is 313 g/mol. The molecule has 126 valence electrons. The van der Waals surface area contributed by atoms with Crippen LogP contribution >= 0.6 is 0 Å². The Hall–Kier alpha value is -2.89. The molecule has 0 radical (unpaired) electrons. The van der Waals surface area contributed by atoms with Crippen LogP contribution in [0.5, 0.6) is 11.5 Å². The van der Waals surface area contributed by atoms with E-state index < -0.39 is 11.8 Å². The first kappa shape index (κ1) is 17.5. The summed E-state index contributed by atoms with van der Waals surface area (Å²) in [6.45, 7) is 4.81. The standard InChI is InChI=1S/C18H18FNO4/c1-11(2)23-18(22)14-6-4-5-7-16(14)24-17-9-8-13(10-15(17)19)20-12(3)21/h4-11H,1-3H3,(H,20,21). The van der Waals surface area contributed by atoms with Crippen molar-refractivity contribution < 1.29 is 23.5 Å². The van der Waals surface area contributed by atoms with Gasteiger partial charge in [-0.05, 0) is 38.1 Å². The minimum atomic E-state index is -0.659. The van der Waals surface area contributed by atoms with Crippen molar-refractivity contribution in [2.75, 3.05) is 5.32 Å². The van der Waals surface area contributed by atoms with E-state index in [9.17, 15) is 14.0 Å². The number of hydrogen-bond acceptors (Lipinski definition) is 4. The highest BCUT2D eigenvalue weighted by Gasteiger charge is 2.17. The average molecular weight is 331 g/mol. The molecule has 2 rings (SSSR count). The third kappa shape index (κ3) is 4.55. The molecule has 1 amide bonds. The quantitative estimate of drug-likeness (QED) is 0.836. The third-order valence-corrected chi connectivity index (χ3v) is 2.92. The van der Waals surface area contributed by atoms with Crippen molar-refractivity contribution in [3.63, 3.8) is 0 Å². The van der Waals surface area contributed by atoms with Gasteiger partial charge in [0.15, 0.2) is 11.6 Å². The zero-order chi connectivity index (χ0) is 17.7. The predicted octanol–water partition coefficient (Wildman–Crippen LogP) is 4.14. The van der Waals surface area contributed by atoms with E-state index in [4.69, 9.17) is 9.47 Å². The summed E-state index contributed by atoms with van der Waals surface area (Å²) in [5.74, 6) is -1.38. The van der Waals surface area contributed by atoms with E-state index in [0.717, 1.165) is 6.07 Å². The second-order valence-electron chi connectivity index (χ2n) is 5.38. The summed E-state index contributed by atoms with van der Waals surface area (Å²) in [5, 5.41) is 2.48. The highest BCUT2D eigenvalue weighted by Crippen LogP contribution is 2.29.